The molecule has 1 aromatic rings. The van der Waals surface area contributed by atoms with E-state index in [2.05, 4.69) is 10.6 Å². The Bertz CT molecular complexity index is 840. The van der Waals surface area contributed by atoms with E-state index in [1.165, 1.54) is 4.90 Å². The Morgan fingerprint density at radius 1 is 1.22 bits per heavy atom. The Labute approximate surface area is 163 Å². The van der Waals surface area contributed by atoms with E-state index < -0.39 is 17.4 Å². The second kappa shape index (κ2) is 6.31. The van der Waals surface area contributed by atoms with Crippen molar-refractivity contribution in [3.05, 3.63) is 28.8 Å². The van der Waals surface area contributed by atoms with Crippen LogP contribution in [0.2, 0.25) is 5.02 Å². The highest BCUT2D eigenvalue weighted by Gasteiger charge is 2.70. The highest BCUT2D eigenvalue weighted by Crippen LogP contribution is 2.54. The van der Waals surface area contributed by atoms with E-state index in [1.54, 1.807) is 18.2 Å². The maximum Gasteiger partial charge on any atom is 0.250 e. The van der Waals surface area contributed by atoms with Crippen molar-refractivity contribution < 1.29 is 14.4 Å². The van der Waals surface area contributed by atoms with E-state index >= 15 is 0 Å². The van der Waals surface area contributed by atoms with Gasteiger partial charge in [-0.15, -0.1) is 0 Å². The first-order valence-electron chi connectivity index (χ1n) is 9.57. The number of rotatable bonds is 4. The van der Waals surface area contributed by atoms with Gasteiger partial charge in [-0.05, 0) is 30.5 Å². The minimum Gasteiger partial charge on any atom is -0.324 e. The maximum atomic E-state index is 13.3. The Kier molecular flexibility index (Phi) is 4.31. The SMILES string of the molecule is CCCCN1C(=O)[C@@H]2[C@@H](C(C)C)N[C@]3(C(=O)Nc4ccc(Cl)cc43)[C@@H]2C1=O. The van der Waals surface area contributed by atoms with Crippen molar-refractivity contribution >= 4 is 35.0 Å². The molecule has 3 aliphatic rings. The van der Waals surface area contributed by atoms with Crippen molar-refractivity contribution in [2.24, 2.45) is 17.8 Å². The minimum absolute atomic E-state index is 0.0933. The molecule has 0 aliphatic carbocycles. The van der Waals surface area contributed by atoms with E-state index in [-0.39, 0.29) is 29.7 Å². The highest BCUT2D eigenvalue weighted by atomic mass is 35.5. The van der Waals surface area contributed by atoms with E-state index in [1.807, 2.05) is 20.8 Å². The molecular weight excluding hydrogens is 366 g/mol. The summed E-state index contributed by atoms with van der Waals surface area (Å²) in [4.78, 5) is 41.0. The Hall–Kier alpha value is -1.92. The van der Waals surface area contributed by atoms with Gasteiger partial charge in [0.25, 0.3) is 0 Å². The first-order valence-corrected chi connectivity index (χ1v) is 9.95. The van der Waals surface area contributed by atoms with Gasteiger partial charge in [0.15, 0.2) is 0 Å². The van der Waals surface area contributed by atoms with E-state index in [9.17, 15) is 14.4 Å². The third-order valence-corrected chi connectivity index (χ3v) is 6.39. The molecule has 6 nitrogen and oxygen atoms in total. The molecule has 0 saturated carbocycles. The van der Waals surface area contributed by atoms with Gasteiger partial charge in [0, 0.05) is 28.9 Å². The van der Waals surface area contributed by atoms with E-state index in [4.69, 9.17) is 11.6 Å². The normalized spacial score (nSPS) is 31.8. The molecule has 27 heavy (non-hydrogen) atoms. The highest BCUT2D eigenvalue weighted by molar-refractivity contribution is 6.31. The van der Waals surface area contributed by atoms with Crippen LogP contribution in [0.5, 0.6) is 0 Å². The molecule has 3 amide bonds. The van der Waals surface area contributed by atoms with Crippen molar-refractivity contribution in [3.63, 3.8) is 0 Å². The third kappa shape index (κ3) is 2.39. The van der Waals surface area contributed by atoms with Crippen LogP contribution >= 0.6 is 11.6 Å². The summed E-state index contributed by atoms with van der Waals surface area (Å²) in [6.07, 6.45) is 1.65. The molecule has 1 spiro atoms. The lowest BCUT2D eigenvalue weighted by atomic mass is 9.76. The summed E-state index contributed by atoms with van der Waals surface area (Å²) in [7, 11) is 0. The van der Waals surface area contributed by atoms with Gasteiger partial charge >= 0.3 is 0 Å². The number of nitrogens with one attached hydrogen (secondary N) is 2. The molecule has 0 aromatic heterocycles. The molecule has 3 heterocycles. The number of anilines is 1. The zero-order chi connectivity index (χ0) is 19.5. The minimum atomic E-state index is -1.24. The largest absolute Gasteiger partial charge is 0.324 e. The van der Waals surface area contributed by atoms with Crippen LogP contribution in [0.15, 0.2) is 18.2 Å². The van der Waals surface area contributed by atoms with Crippen molar-refractivity contribution in [3.8, 4) is 0 Å². The first-order chi connectivity index (χ1) is 12.8. The lowest BCUT2D eigenvalue weighted by Gasteiger charge is -2.30. The number of hydrogen-bond acceptors (Lipinski definition) is 4. The molecule has 3 aliphatic heterocycles. The molecule has 2 N–H and O–H groups in total. The monoisotopic (exact) mass is 389 g/mol. The van der Waals surface area contributed by atoms with Gasteiger partial charge in [0.2, 0.25) is 17.7 Å². The van der Waals surface area contributed by atoms with Crippen molar-refractivity contribution in [2.45, 2.75) is 45.2 Å². The third-order valence-electron chi connectivity index (χ3n) is 6.16. The molecule has 7 heteroatoms. The zero-order valence-electron chi connectivity index (χ0n) is 15.7. The van der Waals surface area contributed by atoms with Gasteiger partial charge < -0.3 is 5.32 Å². The number of benzene rings is 1. The van der Waals surface area contributed by atoms with Crippen LogP contribution in [0.3, 0.4) is 0 Å². The van der Waals surface area contributed by atoms with Crippen LogP contribution in [0.1, 0.15) is 39.2 Å². The van der Waals surface area contributed by atoms with Gasteiger partial charge in [-0.1, -0.05) is 38.8 Å². The van der Waals surface area contributed by atoms with Crippen LogP contribution in [0, 0.1) is 17.8 Å². The molecule has 1 aromatic carbocycles. The smallest absolute Gasteiger partial charge is 0.250 e. The fraction of sp³-hybridized carbons (Fsp3) is 0.550. The van der Waals surface area contributed by atoms with Crippen LogP contribution in [-0.4, -0.2) is 35.2 Å². The summed E-state index contributed by atoms with van der Waals surface area (Å²) >= 11 is 6.21. The summed E-state index contributed by atoms with van der Waals surface area (Å²) in [5.74, 6) is -1.88. The number of unbranched alkanes of at least 4 members (excludes halogenated alkanes) is 1. The number of fused-ring (bicyclic) bond motifs is 4. The lowest BCUT2D eigenvalue weighted by Crippen LogP contribution is -2.54. The van der Waals surface area contributed by atoms with Crippen LogP contribution in [-0.2, 0) is 19.9 Å². The molecule has 2 saturated heterocycles. The first kappa shape index (κ1) is 18.4. The predicted octanol–water partition coefficient (Wildman–Crippen LogP) is 2.52. The van der Waals surface area contributed by atoms with Crippen LogP contribution in [0.4, 0.5) is 5.69 Å². The van der Waals surface area contributed by atoms with E-state index in [0.717, 1.165) is 12.8 Å². The quantitative estimate of drug-likeness (QED) is 0.775. The molecule has 4 rings (SSSR count). The average molecular weight is 390 g/mol. The van der Waals surface area contributed by atoms with Crippen molar-refractivity contribution in [1.82, 2.24) is 10.2 Å². The standard InChI is InChI=1S/C20H24ClN3O3/c1-4-5-8-24-17(25)14-15(18(24)26)20(23-16(14)10(2)3)12-9-11(21)6-7-13(12)22-19(20)27/h6-7,9-10,14-16,23H,4-5,8H2,1-3H3,(H,22,27)/t14-,15-,16+,20-/m0/s1. The molecule has 144 valence electrons. The maximum absolute atomic E-state index is 13.3. The van der Waals surface area contributed by atoms with Gasteiger partial charge in [-0.3, -0.25) is 24.6 Å². The summed E-state index contributed by atoms with van der Waals surface area (Å²) in [5, 5.41) is 6.78. The fourth-order valence-electron chi connectivity index (χ4n) is 4.88. The molecule has 0 radical (unpaired) electrons. The Morgan fingerprint density at radius 2 is 1.96 bits per heavy atom. The Morgan fingerprint density at radius 3 is 2.63 bits per heavy atom. The summed E-state index contributed by atoms with van der Waals surface area (Å²) in [5.41, 5.74) is 0.0667. The van der Waals surface area contributed by atoms with E-state index in [0.29, 0.717) is 22.8 Å². The second-order valence-corrected chi connectivity index (χ2v) is 8.49. The van der Waals surface area contributed by atoms with Crippen LogP contribution < -0.4 is 10.6 Å². The fourth-order valence-corrected chi connectivity index (χ4v) is 5.05. The summed E-state index contributed by atoms with van der Waals surface area (Å²) in [6.45, 7) is 6.44. The molecule has 4 atom stereocenters. The lowest BCUT2D eigenvalue weighted by molar-refractivity contribution is -0.143. The number of nitrogens with zero attached hydrogens (tertiary/aromatic N) is 1. The predicted molar refractivity (Wildman–Crippen MR) is 102 cm³/mol. The number of amides is 3. The van der Waals surface area contributed by atoms with Crippen molar-refractivity contribution in [1.29, 1.82) is 0 Å². The average Bonchev–Trinajstić information content (AvgIpc) is 3.20. The number of imide groups is 1. The number of halogens is 1. The summed E-state index contributed by atoms with van der Waals surface area (Å²) in [6, 6.07) is 4.93. The summed E-state index contributed by atoms with van der Waals surface area (Å²) < 4.78 is 0. The number of carbonyl (C=O) groups excluding carboxylic acids is 3. The molecular formula is C20H24ClN3O3. The van der Waals surface area contributed by atoms with Gasteiger partial charge in [0.05, 0.1) is 11.8 Å². The molecule has 0 bridgehead atoms. The Balaban J connectivity index is 1.86. The second-order valence-electron chi connectivity index (χ2n) is 8.05. The van der Waals surface area contributed by atoms with Crippen LogP contribution in [0.25, 0.3) is 0 Å². The number of likely N-dealkylation sites (tertiary alicyclic amines) is 1. The van der Waals surface area contributed by atoms with Gasteiger partial charge in [-0.25, -0.2) is 0 Å². The topological polar surface area (TPSA) is 78.5 Å². The molecule has 2 fully saturated rings. The van der Waals surface area contributed by atoms with Crippen molar-refractivity contribution in [2.75, 3.05) is 11.9 Å². The molecule has 0 unspecified atom stereocenters. The number of carbonyl (C=O) groups is 3. The van der Waals surface area contributed by atoms with Gasteiger partial charge in [-0.2, -0.15) is 0 Å². The zero-order valence-corrected chi connectivity index (χ0v) is 16.5. The van der Waals surface area contributed by atoms with Gasteiger partial charge in [0.1, 0.15) is 5.54 Å². The number of hydrogen-bond donors (Lipinski definition) is 2.